The average molecular weight is 182 g/mol. The van der Waals surface area contributed by atoms with Crippen molar-refractivity contribution in [1.82, 2.24) is 0 Å². The Labute approximate surface area is 67.5 Å². The molecular weight excluding hydrogens is 167 g/mol. The Balaban J connectivity index is 3.79. The summed E-state index contributed by atoms with van der Waals surface area (Å²) < 4.78 is 25.5. The smallest absolute Gasteiger partial charge is 0.290 e. The largest absolute Gasteiger partial charge is 0.474 e. The molecule has 0 aliphatic heterocycles. The van der Waals surface area contributed by atoms with Crippen molar-refractivity contribution in [2.75, 3.05) is 20.3 Å². The second kappa shape index (κ2) is 5.72. The van der Waals surface area contributed by atoms with E-state index in [4.69, 9.17) is 9.05 Å². The van der Waals surface area contributed by atoms with Gasteiger partial charge in [-0.25, -0.2) is 4.57 Å². The van der Waals surface area contributed by atoms with Gasteiger partial charge in [0.1, 0.15) is 0 Å². The molecule has 4 nitrogen and oxygen atoms in total. The lowest BCUT2D eigenvalue weighted by atomic mass is 10.5. The molecule has 1 unspecified atom stereocenters. The van der Waals surface area contributed by atoms with Gasteiger partial charge in [0.25, 0.3) is 0 Å². The predicted octanol–water partition coefficient (Wildman–Crippen LogP) is 2.20. The van der Waals surface area contributed by atoms with Crippen LogP contribution in [0.3, 0.4) is 0 Å². The summed E-state index contributed by atoms with van der Waals surface area (Å²) in [5, 5.41) is 0. The van der Waals surface area contributed by atoms with Gasteiger partial charge in [-0.3, -0.25) is 13.6 Å². The molecule has 0 saturated carbocycles. The summed E-state index contributed by atoms with van der Waals surface area (Å²) in [4.78, 5) is 0. The van der Waals surface area contributed by atoms with Gasteiger partial charge in [0.2, 0.25) is 0 Å². The molecule has 0 radical (unpaired) electrons. The first-order chi connectivity index (χ1) is 5.18. The Morgan fingerprint density at radius 1 is 1.27 bits per heavy atom. The zero-order valence-corrected chi connectivity index (χ0v) is 8.10. The number of hydrogen-bond donors (Lipinski definition) is 0. The SMILES string of the molecule is CCCOP(=O)(OC)OCC. The normalized spacial score (nSPS) is 16.3. The Hall–Kier alpha value is 0.110. The summed E-state index contributed by atoms with van der Waals surface area (Å²) in [6.45, 7) is 4.38. The van der Waals surface area contributed by atoms with E-state index in [9.17, 15) is 4.57 Å². The maximum atomic E-state index is 11.3. The highest BCUT2D eigenvalue weighted by Crippen LogP contribution is 2.48. The third kappa shape index (κ3) is 4.53. The van der Waals surface area contributed by atoms with Gasteiger partial charge in [0, 0.05) is 7.11 Å². The predicted molar refractivity (Wildman–Crippen MR) is 42.5 cm³/mol. The standard InChI is InChI=1S/C6H15O4P/c1-4-6-10-11(7,8-3)9-5-2/h4-6H2,1-3H3. The summed E-state index contributed by atoms with van der Waals surface area (Å²) >= 11 is 0. The van der Waals surface area contributed by atoms with E-state index >= 15 is 0 Å². The van der Waals surface area contributed by atoms with Crippen molar-refractivity contribution >= 4 is 7.82 Å². The quantitative estimate of drug-likeness (QED) is 0.590. The van der Waals surface area contributed by atoms with Gasteiger partial charge in [-0.15, -0.1) is 0 Å². The van der Waals surface area contributed by atoms with E-state index in [1.165, 1.54) is 7.11 Å². The molecule has 11 heavy (non-hydrogen) atoms. The van der Waals surface area contributed by atoms with Crippen LogP contribution >= 0.6 is 7.82 Å². The van der Waals surface area contributed by atoms with Crippen LogP contribution in [0.2, 0.25) is 0 Å². The minimum absolute atomic E-state index is 0.328. The Kier molecular flexibility index (Phi) is 5.78. The lowest BCUT2D eigenvalue weighted by Crippen LogP contribution is -1.98. The number of phosphoric ester groups is 1. The van der Waals surface area contributed by atoms with E-state index in [1.54, 1.807) is 6.92 Å². The molecule has 0 saturated heterocycles. The van der Waals surface area contributed by atoms with Crippen LogP contribution in [-0.4, -0.2) is 20.3 Å². The van der Waals surface area contributed by atoms with Crippen LogP contribution in [0.1, 0.15) is 20.3 Å². The zero-order chi connectivity index (χ0) is 8.74. The molecule has 1 atom stereocenters. The summed E-state index contributed by atoms with van der Waals surface area (Å²) in [5.41, 5.74) is 0. The zero-order valence-electron chi connectivity index (χ0n) is 7.20. The van der Waals surface area contributed by atoms with E-state index in [-0.39, 0.29) is 0 Å². The van der Waals surface area contributed by atoms with Crippen LogP contribution in [0.5, 0.6) is 0 Å². The summed E-state index contributed by atoms with van der Waals surface area (Å²) in [7, 11) is -1.91. The summed E-state index contributed by atoms with van der Waals surface area (Å²) in [6.07, 6.45) is 0.792. The van der Waals surface area contributed by atoms with Crippen molar-refractivity contribution in [3.8, 4) is 0 Å². The highest BCUT2D eigenvalue weighted by molar-refractivity contribution is 7.48. The molecular formula is C6H15O4P. The molecule has 68 valence electrons. The molecule has 0 spiro atoms. The van der Waals surface area contributed by atoms with Crippen molar-refractivity contribution in [3.63, 3.8) is 0 Å². The van der Waals surface area contributed by atoms with Crippen LogP contribution < -0.4 is 0 Å². The maximum Gasteiger partial charge on any atom is 0.474 e. The lowest BCUT2D eigenvalue weighted by Gasteiger charge is -2.13. The van der Waals surface area contributed by atoms with E-state index in [1.807, 2.05) is 6.92 Å². The Morgan fingerprint density at radius 3 is 2.27 bits per heavy atom. The van der Waals surface area contributed by atoms with Gasteiger partial charge in [0.15, 0.2) is 0 Å². The van der Waals surface area contributed by atoms with Gasteiger partial charge < -0.3 is 0 Å². The maximum absolute atomic E-state index is 11.3. The van der Waals surface area contributed by atoms with E-state index in [2.05, 4.69) is 4.52 Å². The first-order valence-corrected chi connectivity index (χ1v) is 5.09. The fraction of sp³-hybridized carbons (Fsp3) is 1.00. The Bertz CT molecular complexity index is 137. The van der Waals surface area contributed by atoms with E-state index in [0.717, 1.165) is 6.42 Å². The van der Waals surface area contributed by atoms with Gasteiger partial charge in [-0.05, 0) is 13.3 Å². The number of rotatable bonds is 6. The first-order valence-electron chi connectivity index (χ1n) is 3.63. The fourth-order valence-electron chi connectivity index (χ4n) is 0.504. The molecule has 0 bridgehead atoms. The van der Waals surface area contributed by atoms with Crippen molar-refractivity contribution in [1.29, 1.82) is 0 Å². The molecule has 0 aliphatic carbocycles. The minimum Gasteiger partial charge on any atom is -0.290 e. The van der Waals surface area contributed by atoms with E-state index in [0.29, 0.717) is 13.2 Å². The monoisotopic (exact) mass is 182 g/mol. The van der Waals surface area contributed by atoms with Crippen molar-refractivity contribution in [2.24, 2.45) is 0 Å². The molecule has 0 rings (SSSR count). The van der Waals surface area contributed by atoms with Crippen LogP contribution in [0.4, 0.5) is 0 Å². The van der Waals surface area contributed by atoms with Crippen molar-refractivity contribution in [2.45, 2.75) is 20.3 Å². The molecule has 0 heterocycles. The molecule has 0 aromatic carbocycles. The lowest BCUT2D eigenvalue weighted by molar-refractivity contribution is 0.136. The van der Waals surface area contributed by atoms with Gasteiger partial charge in [0.05, 0.1) is 13.2 Å². The van der Waals surface area contributed by atoms with Gasteiger partial charge in [-0.2, -0.15) is 0 Å². The molecule has 5 heteroatoms. The number of phosphoric acid groups is 1. The third-order valence-corrected chi connectivity index (χ3v) is 2.48. The molecule has 0 N–H and O–H groups in total. The highest BCUT2D eigenvalue weighted by Gasteiger charge is 2.22. The van der Waals surface area contributed by atoms with Crippen LogP contribution in [0.25, 0.3) is 0 Å². The first kappa shape index (κ1) is 11.1. The Morgan fingerprint density at radius 2 is 1.91 bits per heavy atom. The van der Waals surface area contributed by atoms with Gasteiger partial charge in [-0.1, -0.05) is 6.92 Å². The second-order valence-corrected chi connectivity index (χ2v) is 3.66. The van der Waals surface area contributed by atoms with Crippen LogP contribution in [0.15, 0.2) is 0 Å². The fourth-order valence-corrected chi connectivity index (χ4v) is 1.51. The minimum atomic E-state index is -3.22. The summed E-state index contributed by atoms with van der Waals surface area (Å²) in [6, 6.07) is 0. The highest BCUT2D eigenvalue weighted by atomic mass is 31.2. The van der Waals surface area contributed by atoms with Crippen molar-refractivity contribution < 1.29 is 18.1 Å². The molecule has 0 aliphatic rings. The molecule has 0 aromatic heterocycles. The third-order valence-electron chi connectivity index (χ3n) is 0.964. The van der Waals surface area contributed by atoms with Crippen LogP contribution in [-0.2, 0) is 18.1 Å². The molecule has 0 fully saturated rings. The topological polar surface area (TPSA) is 44.8 Å². The number of hydrogen-bond acceptors (Lipinski definition) is 4. The van der Waals surface area contributed by atoms with Crippen LogP contribution in [0, 0.1) is 0 Å². The van der Waals surface area contributed by atoms with E-state index < -0.39 is 7.82 Å². The molecule has 0 aromatic rings. The van der Waals surface area contributed by atoms with Crippen molar-refractivity contribution in [3.05, 3.63) is 0 Å². The average Bonchev–Trinajstić information content (AvgIpc) is 2.02. The second-order valence-electron chi connectivity index (χ2n) is 1.88. The molecule has 0 amide bonds. The van der Waals surface area contributed by atoms with Gasteiger partial charge >= 0.3 is 7.82 Å². The summed E-state index contributed by atoms with van der Waals surface area (Å²) in [5.74, 6) is 0.